The van der Waals surface area contributed by atoms with Gasteiger partial charge in [-0.15, -0.1) is 0 Å². The summed E-state index contributed by atoms with van der Waals surface area (Å²) in [5, 5.41) is 7.03. The van der Waals surface area contributed by atoms with Crippen LogP contribution in [0.3, 0.4) is 0 Å². The molecule has 3 aromatic rings. The van der Waals surface area contributed by atoms with Crippen LogP contribution in [-0.2, 0) is 11.3 Å². The number of nitrogens with zero attached hydrogens (tertiary/aromatic N) is 2. The lowest BCUT2D eigenvalue weighted by Crippen LogP contribution is -2.29. The fraction of sp³-hybridized carbons (Fsp3) is 0.105. The third kappa shape index (κ3) is 3.92. The molecule has 6 heteroatoms. The molecule has 0 atom stereocenters. The smallest absolute Gasteiger partial charge is 0.267 e. The van der Waals surface area contributed by atoms with E-state index in [1.807, 2.05) is 42.5 Å². The average Bonchev–Trinajstić information content (AvgIpc) is 2.64. The van der Waals surface area contributed by atoms with Crippen molar-refractivity contribution in [2.75, 3.05) is 12.4 Å². The second-order valence-electron chi connectivity index (χ2n) is 5.33. The summed E-state index contributed by atoms with van der Waals surface area (Å²) >= 11 is 0. The van der Waals surface area contributed by atoms with Crippen LogP contribution < -0.4 is 15.6 Å². The van der Waals surface area contributed by atoms with Gasteiger partial charge >= 0.3 is 0 Å². The van der Waals surface area contributed by atoms with Crippen LogP contribution in [-0.4, -0.2) is 22.8 Å². The van der Waals surface area contributed by atoms with Crippen LogP contribution in [0.2, 0.25) is 0 Å². The summed E-state index contributed by atoms with van der Waals surface area (Å²) in [5.41, 5.74) is 1.63. The molecule has 1 heterocycles. The van der Waals surface area contributed by atoms with Crippen LogP contribution in [0.4, 0.5) is 5.69 Å². The van der Waals surface area contributed by atoms with E-state index in [9.17, 15) is 9.59 Å². The Hall–Kier alpha value is -3.41. The van der Waals surface area contributed by atoms with E-state index in [1.165, 1.54) is 6.07 Å². The normalized spacial score (nSPS) is 10.3. The van der Waals surface area contributed by atoms with E-state index >= 15 is 0 Å². The summed E-state index contributed by atoms with van der Waals surface area (Å²) in [5.74, 6) is 0.326. The molecule has 25 heavy (non-hydrogen) atoms. The maximum atomic E-state index is 12.2. The Morgan fingerprint density at radius 2 is 1.76 bits per heavy atom. The maximum Gasteiger partial charge on any atom is 0.267 e. The van der Waals surface area contributed by atoms with Gasteiger partial charge in [-0.1, -0.05) is 30.3 Å². The zero-order valence-corrected chi connectivity index (χ0v) is 13.7. The summed E-state index contributed by atoms with van der Waals surface area (Å²) in [6.07, 6.45) is 0. The molecule has 0 spiro atoms. The van der Waals surface area contributed by atoms with Gasteiger partial charge in [-0.25, -0.2) is 4.68 Å². The fourth-order valence-corrected chi connectivity index (χ4v) is 2.42. The van der Waals surface area contributed by atoms with Gasteiger partial charge in [0.05, 0.1) is 12.8 Å². The first-order valence-corrected chi connectivity index (χ1v) is 7.74. The topological polar surface area (TPSA) is 73.2 Å². The molecule has 1 amide bonds. The van der Waals surface area contributed by atoms with E-state index in [-0.39, 0.29) is 18.0 Å². The molecule has 0 saturated heterocycles. The Morgan fingerprint density at radius 3 is 2.52 bits per heavy atom. The number of nitrogens with one attached hydrogen (secondary N) is 1. The highest BCUT2D eigenvalue weighted by molar-refractivity contribution is 5.90. The molecule has 2 aromatic carbocycles. The number of hydrogen-bond acceptors (Lipinski definition) is 4. The highest BCUT2D eigenvalue weighted by Gasteiger charge is 2.11. The number of benzene rings is 2. The molecular formula is C19H17N3O3. The molecule has 3 rings (SSSR count). The minimum absolute atomic E-state index is 0.170. The monoisotopic (exact) mass is 335 g/mol. The lowest BCUT2D eigenvalue weighted by atomic mass is 10.1. The number of carbonyl (C=O) groups is 1. The van der Waals surface area contributed by atoms with Crippen molar-refractivity contribution >= 4 is 11.6 Å². The number of amides is 1. The standard InChI is InChI=1S/C19H17N3O3/c1-25-17-10-6-5-9-15(17)16-11-12-19(24)22(21-16)13-18(23)20-14-7-3-2-4-8-14/h2-12H,13H2,1H3,(H,20,23). The predicted molar refractivity (Wildman–Crippen MR) is 95.6 cm³/mol. The largest absolute Gasteiger partial charge is 0.496 e. The quantitative estimate of drug-likeness (QED) is 0.778. The number of ether oxygens (including phenoxy) is 1. The van der Waals surface area contributed by atoms with Crippen LogP contribution in [0.1, 0.15) is 0 Å². The van der Waals surface area contributed by atoms with Crippen molar-refractivity contribution in [2.24, 2.45) is 0 Å². The molecular weight excluding hydrogens is 318 g/mol. The molecule has 0 radical (unpaired) electrons. The highest BCUT2D eigenvalue weighted by Crippen LogP contribution is 2.27. The molecule has 126 valence electrons. The molecule has 1 aromatic heterocycles. The van der Waals surface area contributed by atoms with Crippen molar-refractivity contribution < 1.29 is 9.53 Å². The second kappa shape index (κ2) is 7.44. The zero-order valence-electron chi connectivity index (χ0n) is 13.7. The molecule has 6 nitrogen and oxygen atoms in total. The molecule has 0 unspecified atom stereocenters. The van der Waals surface area contributed by atoms with Crippen LogP contribution >= 0.6 is 0 Å². The van der Waals surface area contributed by atoms with Crippen molar-refractivity contribution in [1.82, 2.24) is 9.78 Å². The van der Waals surface area contributed by atoms with Gasteiger partial charge in [-0.2, -0.15) is 5.10 Å². The van der Waals surface area contributed by atoms with Crippen molar-refractivity contribution in [1.29, 1.82) is 0 Å². The van der Waals surface area contributed by atoms with Gasteiger partial charge in [0.25, 0.3) is 5.56 Å². The highest BCUT2D eigenvalue weighted by atomic mass is 16.5. The van der Waals surface area contributed by atoms with E-state index in [4.69, 9.17) is 4.74 Å². The third-order valence-corrected chi connectivity index (χ3v) is 3.60. The van der Waals surface area contributed by atoms with Crippen molar-refractivity contribution in [2.45, 2.75) is 6.54 Å². The zero-order chi connectivity index (χ0) is 17.6. The molecule has 0 bridgehead atoms. The second-order valence-corrected chi connectivity index (χ2v) is 5.33. The van der Waals surface area contributed by atoms with Crippen LogP contribution in [0.25, 0.3) is 11.3 Å². The Kier molecular flexibility index (Phi) is 4.89. The molecule has 0 saturated carbocycles. The van der Waals surface area contributed by atoms with Crippen molar-refractivity contribution in [3.8, 4) is 17.0 Å². The fourth-order valence-electron chi connectivity index (χ4n) is 2.42. The van der Waals surface area contributed by atoms with Crippen molar-refractivity contribution in [3.63, 3.8) is 0 Å². The molecule has 1 N–H and O–H groups in total. The minimum Gasteiger partial charge on any atom is -0.496 e. The van der Waals surface area contributed by atoms with Crippen molar-refractivity contribution in [3.05, 3.63) is 77.1 Å². The van der Waals surface area contributed by atoms with E-state index in [0.29, 0.717) is 17.1 Å². The molecule has 0 fully saturated rings. The van der Waals surface area contributed by atoms with Gasteiger partial charge < -0.3 is 10.1 Å². The van der Waals surface area contributed by atoms with Gasteiger partial charge in [0.1, 0.15) is 12.3 Å². The first-order chi connectivity index (χ1) is 12.2. The molecule has 0 aliphatic heterocycles. The van der Waals surface area contributed by atoms with E-state index in [1.54, 1.807) is 25.3 Å². The van der Waals surface area contributed by atoms with Gasteiger partial charge in [0.2, 0.25) is 5.91 Å². The van der Waals surface area contributed by atoms with E-state index in [0.717, 1.165) is 10.2 Å². The number of methoxy groups -OCH3 is 1. The van der Waals surface area contributed by atoms with Crippen LogP contribution in [0.15, 0.2) is 71.5 Å². The first-order valence-electron chi connectivity index (χ1n) is 7.74. The average molecular weight is 335 g/mol. The third-order valence-electron chi connectivity index (χ3n) is 3.60. The van der Waals surface area contributed by atoms with E-state index in [2.05, 4.69) is 10.4 Å². The van der Waals surface area contributed by atoms with Crippen LogP contribution in [0, 0.1) is 0 Å². The maximum absolute atomic E-state index is 12.2. The first kappa shape index (κ1) is 16.4. The van der Waals surface area contributed by atoms with E-state index < -0.39 is 0 Å². The molecule has 0 aliphatic rings. The SMILES string of the molecule is COc1ccccc1-c1ccc(=O)n(CC(=O)Nc2ccccc2)n1. The van der Waals surface area contributed by atoms with Gasteiger partial charge in [0.15, 0.2) is 0 Å². The number of carbonyl (C=O) groups excluding carboxylic acids is 1. The summed E-state index contributed by atoms with van der Waals surface area (Å²) in [6.45, 7) is -0.170. The number of anilines is 1. The Bertz CT molecular complexity index is 936. The van der Waals surface area contributed by atoms with Gasteiger partial charge in [-0.05, 0) is 30.3 Å². The number of aromatic nitrogens is 2. The summed E-state index contributed by atoms with van der Waals surface area (Å²) in [7, 11) is 1.57. The Balaban J connectivity index is 1.85. The minimum atomic E-state index is -0.346. The van der Waals surface area contributed by atoms with Gasteiger partial charge in [-0.3, -0.25) is 9.59 Å². The Morgan fingerprint density at radius 1 is 1.04 bits per heavy atom. The lowest BCUT2D eigenvalue weighted by Gasteiger charge is -2.10. The summed E-state index contributed by atoms with van der Waals surface area (Å²) in [6, 6.07) is 19.4. The lowest BCUT2D eigenvalue weighted by molar-refractivity contribution is -0.117. The summed E-state index contributed by atoms with van der Waals surface area (Å²) in [4.78, 5) is 24.2. The van der Waals surface area contributed by atoms with Gasteiger partial charge in [0, 0.05) is 17.3 Å². The number of para-hydroxylation sites is 2. The number of hydrogen-bond donors (Lipinski definition) is 1. The molecule has 0 aliphatic carbocycles. The van der Waals surface area contributed by atoms with Crippen LogP contribution in [0.5, 0.6) is 5.75 Å². The number of rotatable bonds is 5. The Labute approximate surface area is 144 Å². The predicted octanol–water partition coefficient (Wildman–Crippen LogP) is 2.56. The summed E-state index contributed by atoms with van der Waals surface area (Å²) < 4.78 is 6.46.